The monoisotopic (exact) mass is 232 g/mol. The normalized spacial score (nSPS) is 33.1. The summed E-state index contributed by atoms with van der Waals surface area (Å²) in [5.74, 6) is 0.298. The van der Waals surface area contributed by atoms with Crippen molar-refractivity contribution in [2.24, 2.45) is 0 Å². The predicted molar refractivity (Wildman–Crippen MR) is 69.2 cm³/mol. The van der Waals surface area contributed by atoms with Gasteiger partial charge in [-0.2, -0.15) is 0 Å². The number of phenolic OH excluding ortho intramolecular Hbond substituents is 1. The minimum absolute atomic E-state index is 0.298. The Morgan fingerprint density at radius 2 is 1.88 bits per heavy atom. The van der Waals surface area contributed by atoms with Crippen LogP contribution in [0.1, 0.15) is 37.8 Å². The van der Waals surface area contributed by atoms with E-state index in [2.05, 4.69) is 6.58 Å². The number of benzene rings is 1. The fourth-order valence-electron chi connectivity index (χ4n) is 2.80. The Kier molecular flexibility index (Phi) is 2.58. The molecule has 0 saturated heterocycles. The average Bonchev–Trinajstić information content (AvgIpc) is 2.43. The smallest absolute Gasteiger partial charge is 0.119 e. The number of aromatic hydroxyl groups is 1. The Morgan fingerprint density at radius 3 is 2.35 bits per heavy atom. The van der Waals surface area contributed by atoms with Crippen LogP contribution in [0.3, 0.4) is 0 Å². The largest absolute Gasteiger partial charge is 0.508 e. The SMILES string of the molecule is C=C1[C@@](C)(c2ccc(C)cc2O)CC[C@@]1(C)O. The molecular weight excluding hydrogens is 212 g/mol. The first-order valence-corrected chi connectivity index (χ1v) is 6.00. The van der Waals surface area contributed by atoms with Crippen LogP contribution in [0, 0.1) is 6.92 Å². The number of rotatable bonds is 1. The minimum Gasteiger partial charge on any atom is -0.508 e. The van der Waals surface area contributed by atoms with E-state index in [-0.39, 0.29) is 5.41 Å². The third-order valence-electron chi connectivity index (χ3n) is 4.18. The van der Waals surface area contributed by atoms with Crippen molar-refractivity contribution in [2.75, 3.05) is 0 Å². The van der Waals surface area contributed by atoms with Crippen LogP contribution in [0.15, 0.2) is 30.4 Å². The van der Waals surface area contributed by atoms with Crippen LogP contribution < -0.4 is 0 Å². The van der Waals surface area contributed by atoms with Crippen molar-refractivity contribution in [3.8, 4) is 5.75 Å². The molecule has 2 N–H and O–H groups in total. The van der Waals surface area contributed by atoms with Gasteiger partial charge in [0.25, 0.3) is 0 Å². The maximum Gasteiger partial charge on any atom is 0.119 e. The minimum atomic E-state index is -0.827. The van der Waals surface area contributed by atoms with Gasteiger partial charge in [0.2, 0.25) is 0 Å². The molecule has 2 rings (SSSR count). The lowest BCUT2D eigenvalue weighted by molar-refractivity contribution is 0.105. The molecule has 1 aliphatic carbocycles. The summed E-state index contributed by atoms with van der Waals surface area (Å²) in [5.41, 5.74) is 1.54. The molecule has 0 heterocycles. The third kappa shape index (κ3) is 1.77. The van der Waals surface area contributed by atoms with Gasteiger partial charge in [-0.05, 0) is 43.9 Å². The summed E-state index contributed by atoms with van der Waals surface area (Å²) >= 11 is 0. The molecule has 1 fully saturated rings. The van der Waals surface area contributed by atoms with Gasteiger partial charge in [-0.15, -0.1) is 0 Å². The number of aryl methyl sites for hydroxylation is 1. The fraction of sp³-hybridized carbons (Fsp3) is 0.467. The average molecular weight is 232 g/mol. The van der Waals surface area contributed by atoms with Crippen molar-refractivity contribution < 1.29 is 10.2 Å². The quantitative estimate of drug-likeness (QED) is 0.731. The van der Waals surface area contributed by atoms with Crippen molar-refractivity contribution in [3.63, 3.8) is 0 Å². The van der Waals surface area contributed by atoms with Gasteiger partial charge in [0.1, 0.15) is 5.75 Å². The second-order valence-electron chi connectivity index (χ2n) is 5.61. The lowest BCUT2D eigenvalue weighted by Gasteiger charge is -2.30. The molecule has 0 bridgehead atoms. The summed E-state index contributed by atoms with van der Waals surface area (Å²) in [5, 5.41) is 20.3. The van der Waals surface area contributed by atoms with E-state index in [1.807, 2.05) is 26.0 Å². The molecule has 0 unspecified atom stereocenters. The van der Waals surface area contributed by atoms with Crippen molar-refractivity contribution in [2.45, 2.75) is 44.6 Å². The second kappa shape index (κ2) is 3.61. The van der Waals surface area contributed by atoms with Crippen molar-refractivity contribution in [1.29, 1.82) is 0 Å². The molecule has 92 valence electrons. The molecule has 1 aromatic rings. The molecule has 2 atom stereocenters. The second-order valence-corrected chi connectivity index (χ2v) is 5.61. The zero-order valence-corrected chi connectivity index (χ0v) is 10.7. The van der Waals surface area contributed by atoms with E-state index in [0.717, 1.165) is 23.1 Å². The van der Waals surface area contributed by atoms with Gasteiger partial charge in [-0.3, -0.25) is 0 Å². The van der Waals surface area contributed by atoms with E-state index in [9.17, 15) is 10.2 Å². The molecule has 1 aliphatic rings. The first-order chi connectivity index (χ1) is 7.77. The topological polar surface area (TPSA) is 40.5 Å². The first kappa shape index (κ1) is 12.2. The summed E-state index contributed by atoms with van der Waals surface area (Å²) in [6, 6.07) is 5.69. The highest BCUT2D eigenvalue weighted by atomic mass is 16.3. The van der Waals surface area contributed by atoms with Gasteiger partial charge in [-0.1, -0.05) is 25.6 Å². The Morgan fingerprint density at radius 1 is 1.24 bits per heavy atom. The Bertz CT molecular complexity index is 474. The van der Waals surface area contributed by atoms with Gasteiger partial charge < -0.3 is 10.2 Å². The molecule has 1 saturated carbocycles. The van der Waals surface area contributed by atoms with Crippen LogP contribution in [0.5, 0.6) is 5.75 Å². The van der Waals surface area contributed by atoms with Crippen molar-refractivity contribution in [3.05, 3.63) is 41.5 Å². The van der Waals surface area contributed by atoms with E-state index in [4.69, 9.17) is 0 Å². The summed E-state index contributed by atoms with van der Waals surface area (Å²) in [6.07, 6.45) is 1.51. The van der Waals surface area contributed by atoms with E-state index in [0.29, 0.717) is 12.2 Å². The van der Waals surface area contributed by atoms with Crippen molar-refractivity contribution in [1.82, 2.24) is 0 Å². The summed E-state index contributed by atoms with van der Waals surface area (Å²) in [6.45, 7) is 9.83. The van der Waals surface area contributed by atoms with Crippen LogP contribution >= 0.6 is 0 Å². The fourth-order valence-corrected chi connectivity index (χ4v) is 2.80. The van der Waals surface area contributed by atoms with Crippen molar-refractivity contribution >= 4 is 0 Å². The van der Waals surface area contributed by atoms with Crippen LogP contribution in [0.4, 0.5) is 0 Å². The van der Waals surface area contributed by atoms with Gasteiger partial charge in [0.05, 0.1) is 5.60 Å². The van der Waals surface area contributed by atoms with E-state index < -0.39 is 5.60 Å². The highest BCUT2D eigenvalue weighted by Gasteiger charge is 2.47. The Balaban J connectivity index is 2.50. The van der Waals surface area contributed by atoms with E-state index in [1.54, 1.807) is 13.0 Å². The lowest BCUT2D eigenvalue weighted by Crippen LogP contribution is -2.28. The summed E-state index contributed by atoms with van der Waals surface area (Å²) < 4.78 is 0. The molecule has 0 amide bonds. The van der Waals surface area contributed by atoms with Gasteiger partial charge in [0, 0.05) is 11.0 Å². The summed E-state index contributed by atoms with van der Waals surface area (Å²) in [7, 11) is 0. The molecule has 2 heteroatoms. The van der Waals surface area contributed by atoms with Gasteiger partial charge in [0.15, 0.2) is 0 Å². The lowest BCUT2D eigenvalue weighted by atomic mass is 9.76. The van der Waals surface area contributed by atoms with Gasteiger partial charge in [-0.25, -0.2) is 0 Å². The third-order valence-corrected chi connectivity index (χ3v) is 4.18. The first-order valence-electron chi connectivity index (χ1n) is 6.00. The molecule has 0 aliphatic heterocycles. The van der Waals surface area contributed by atoms with Crippen LogP contribution in [-0.2, 0) is 5.41 Å². The number of aliphatic hydroxyl groups is 1. The van der Waals surface area contributed by atoms with Crippen LogP contribution in [0.2, 0.25) is 0 Å². The molecule has 2 nitrogen and oxygen atoms in total. The van der Waals surface area contributed by atoms with Crippen LogP contribution in [-0.4, -0.2) is 15.8 Å². The highest BCUT2D eigenvalue weighted by molar-refractivity contribution is 5.49. The maximum atomic E-state index is 10.2. The Labute approximate surface area is 103 Å². The number of phenols is 1. The zero-order valence-electron chi connectivity index (χ0n) is 10.7. The maximum absolute atomic E-state index is 10.2. The molecular formula is C15H20O2. The summed E-state index contributed by atoms with van der Waals surface area (Å²) in [4.78, 5) is 0. The number of hydrogen-bond donors (Lipinski definition) is 2. The highest BCUT2D eigenvalue weighted by Crippen LogP contribution is 2.51. The molecule has 0 aromatic heterocycles. The molecule has 1 aromatic carbocycles. The number of hydrogen-bond acceptors (Lipinski definition) is 2. The van der Waals surface area contributed by atoms with E-state index in [1.165, 1.54) is 0 Å². The van der Waals surface area contributed by atoms with Gasteiger partial charge >= 0.3 is 0 Å². The zero-order chi connectivity index (χ0) is 12.8. The molecule has 17 heavy (non-hydrogen) atoms. The standard InChI is InChI=1S/C15H20O2/c1-10-5-6-12(13(16)9-10)14(3)7-8-15(4,17)11(14)2/h5-6,9,16-17H,2,7-8H2,1,3-4H3/t14-,15+/m0/s1. The predicted octanol–water partition coefficient (Wildman–Crippen LogP) is 3.06. The Hall–Kier alpha value is -1.28. The molecule has 0 radical (unpaired) electrons. The van der Waals surface area contributed by atoms with E-state index >= 15 is 0 Å². The van der Waals surface area contributed by atoms with Crippen LogP contribution in [0.25, 0.3) is 0 Å². The molecule has 0 spiro atoms.